The van der Waals surface area contributed by atoms with Crippen LogP contribution in [0.3, 0.4) is 0 Å². The van der Waals surface area contributed by atoms with Crippen LogP contribution in [-0.2, 0) is 0 Å². The number of alkyl halides is 1. The van der Waals surface area contributed by atoms with E-state index in [0.29, 0.717) is 12.0 Å². The van der Waals surface area contributed by atoms with Crippen molar-refractivity contribution in [2.75, 3.05) is 26.3 Å². The first-order valence-electron chi connectivity index (χ1n) is 5.63. The summed E-state index contributed by atoms with van der Waals surface area (Å²) in [7, 11) is 0. The predicted molar refractivity (Wildman–Crippen MR) is 52.6 cm³/mol. The third kappa shape index (κ3) is 2.04. The van der Waals surface area contributed by atoms with Crippen molar-refractivity contribution in [3.63, 3.8) is 0 Å². The van der Waals surface area contributed by atoms with Crippen molar-refractivity contribution < 1.29 is 4.39 Å². The molecule has 13 heavy (non-hydrogen) atoms. The summed E-state index contributed by atoms with van der Waals surface area (Å²) in [5.41, 5.74) is 0.605. The van der Waals surface area contributed by atoms with E-state index in [1.165, 1.54) is 45.1 Å². The molecule has 0 bridgehead atoms. The number of likely N-dealkylation sites (tertiary alicyclic amines) is 1. The number of halogens is 1. The fourth-order valence-electron chi connectivity index (χ4n) is 3.05. The predicted octanol–water partition coefficient (Wildman–Crippen LogP) is 2.61. The van der Waals surface area contributed by atoms with E-state index in [-0.39, 0.29) is 6.67 Å². The van der Waals surface area contributed by atoms with E-state index >= 15 is 0 Å². The number of rotatable bonds is 2. The van der Waals surface area contributed by atoms with Crippen molar-refractivity contribution in [3.05, 3.63) is 0 Å². The summed E-state index contributed by atoms with van der Waals surface area (Å²) in [6, 6.07) is 0. The Morgan fingerprint density at radius 1 is 1.08 bits per heavy atom. The molecule has 1 saturated heterocycles. The van der Waals surface area contributed by atoms with Gasteiger partial charge in [0.15, 0.2) is 0 Å². The summed E-state index contributed by atoms with van der Waals surface area (Å²) in [6.45, 7) is 2.82. The molecule has 2 fully saturated rings. The first-order valence-corrected chi connectivity index (χ1v) is 5.63. The van der Waals surface area contributed by atoms with Gasteiger partial charge < -0.3 is 4.90 Å². The van der Waals surface area contributed by atoms with Gasteiger partial charge >= 0.3 is 0 Å². The fraction of sp³-hybridized carbons (Fsp3) is 1.00. The lowest BCUT2D eigenvalue weighted by molar-refractivity contribution is 0.182. The molecule has 0 amide bonds. The SMILES string of the molecule is FCCN1CCC2(CCCCC2)C1. The van der Waals surface area contributed by atoms with Crippen LogP contribution in [0.2, 0.25) is 0 Å². The molecule has 0 unspecified atom stereocenters. The van der Waals surface area contributed by atoms with Gasteiger partial charge in [0.2, 0.25) is 0 Å². The lowest BCUT2D eigenvalue weighted by Crippen LogP contribution is -2.30. The molecule has 1 saturated carbocycles. The fourth-order valence-corrected chi connectivity index (χ4v) is 3.05. The van der Waals surface area contributed by atoms with Crippen LogP contribution in [0.5, 0.6) is 0 Å². The minimum absolute atomic E-state index is 0.171. The maximum absolute atomic E-state index is 12.2. The average Bonchev–Trinajstić information content (AvgIpc) is 2.51. The average molecular weight is 185 g/mol. The van der Waals surface area contributed by atoms with Gasteiger partial charge in [-0.1, -0.05) is 19.3 Å². The lowest BCUT2D eigenvalue weighted by atomic mass is 9.73. The zero-order valence-corrected chi connectivity index (χ0v) is 8.40. The highest BCUT2D eigenvalue weighted by Crippen LogP contribution is 2.43. The Kier molecular flexibility index (Phi) is 2.87. The van der Waals surface area contributed by atoms with Crippen LogP contribution in [0.15, 0.2) is 0 Å². The van der Waals surface area contributed by atoms with Gasteiger partial charge in [-0.05, 0) is 31.2 Å². The van der Waals surface area contributed by atoms with Crippen LogP contribution in [0, 0.1) is 5.41 Å². The second-order valence-electron chi connectivity index (χ2n) is 4.78. The lowest BCUT2D eigenvalue weighted by Gasteiger charge is -2.33. The van der Waals surface area contributed by atoms with E-state index in [1.807, 2.05) is 0 Å². The van der Waals surface area contributed by atoms with Gasteiger partial charge in [-0.15, -0.1) is 0 Å². The highest BCUT2D eigenvalue weighted by molar-refractivity contribution is 4.91. The minimum Gasteiger partial charge on any atom is -0.300 e. The standard InChI is InChI=1S/C11H20FN/c12-7-9-13-8-6-11(10-13)4-2-1-3-5-11/h1-10H2. The second-order valence-corrected chi connectivity index (χ2v) is 4.78. The molecular weight excluding hydrogens is 165 g/mol. The van der Waals surface area contributed by atoms with Crippen LogP contribution in [0.1, 0.15) is 38.5 Å². The maximum atomic E-state index is 12.2. The summed E-state index contributed by atoms with van der Waals surface area (Å²) in [4.78, 5) is 2.31. The Hall–Kier alpha value is -0.110. The third-order valence-corrected chi connectivity index (χ3v) is 3.83. The van der Waals surface area contributed by atoms with E-state index in [4.69, 9.17) is 0 Å². The Morgan fingerprint density at radius 2 is 1.85 bits per heavy atom. The largest absolute Gasteiger partial charge is 0.300 e. The van der Waals surface area contributed by atoms with Gasteiger partial charge in [0.05, 0.1) is 0 Å². The monoisotopic (exact) mass is 185 g/mol. The van der Waals surface area contributed by atoms with Crippen molar-refractivity contribution in [1.82, 2.24) is 4.90 Å². The Bertz CT molecular complexity index is 163. The molecule has 76 valence electrons. The molecule has 1 heterocycles. The van der Waals surface area contributed by atoms with Gasteiger partial charge in [-0.25, -0.2) is 4.39 Å². The first kappa shape index (κ1) is 9.45. The third-order valence-electron chi connectivity index (χ3n) is 3.83. The normalized spacial score (nSPS) is 28.4. The van der Waals surface area contributed by atoms with E-state index in [0.717, 1.165) is 6.54 Å². The maximum Gasteiger partial charge on any atom is 0.102 e. The van der Waals surface area contributed by atoms with Crippen molar-refractivity contribution in [3.8, 4) is 0 Å². The minimum atomic E-state index is -0.171. The molecular formula is C11H20FN. The zero-order chi connectivity index (χ0) is 9.15. The molecule has 2 aliphatic rings. The smallest absolute Gasteiger partial charge is 0.102 e. The highest BCUT2D eigenvalue weighted by atomic mass is 19.1. The molecule has 1 spiro atoms. The Balaban J connectivity index is 1.87. The number of hydrogen-bond acceptors (Lipinski definition) is 1. The second kappa shape index (κ2) is 3.95. The van der Waals surface area contributed by atoms with Gasteiger partial charge in [-0.2, -0.15) is 0 Å². The summed E-state index contributed by atoms with van der Waals surface area (Å²) in [5.74, 6) is 0. The summed E-state index contributed by atoms with van der Waals surface area (Å²) in [5, 5.41) is 0. The quantitative estimate of drug-likeness (QED) is 0.639. The number of nitrogens with zero attached hydrogens (tertiary/aromatic N) is 1. The van der Waals surface area contributed by atoms with Crippen molar-refractivity contribution >= 4 is 0 Å². The molecule has 0 aromatic carbocycles. The summed E-state index contributed by atoms with van der Waals surface area (Å²) in [6.07, 6.45) is 8.36. The van der Waals surface area contributed by atoms with Gasteiger partial charge in [0, 0.05) is 13.1 Å². The van der Waals surface area contributed by atoms with Gasteiger partial charge in [-0.3, -0.25) is 0 Å². The molecule has 1 aliphatic heterocycles. The molecule has 2 rings (SSSR count). The van der Waals surface area contributed by atoms with Crippen LogP contribution in [0.4, 0.5) is 4.39 Å². The van der Waals surface area contributed by atoms with E-state index in [9.17, 15) is 4.39 Å². The highest BCUT2D eigenvalue weighted by Gasteiger charge is 2.38. The number of hydrogen-bond donors (Lipinski definition) is 0. The van der Waals surface area contributed by atoms with Gasteiger partial charge in [0.1, 0.15) is 6.67 Å². The van der Waals surface area contributed by atoms with E-state index < -0.39 is 0 Å². The molecule has 1 aliphatic carbocycles. The molecule has 0 N–H and O–H groups in total. The molecule has 0 aromatic rings. The topological polar surface area (TPSA) is 3.24 Å². The summed E-state index contributed by atoms with van der Waals surface area (Å²) >= 11 is 0. The Morgan fingerprint density at radius 3 is 2.54 bits per heavy atom. The van der Waals surface area contributed by atoms with Crippen LogP contribution < -0.4 is 0 Å². The van der Waals surface area contributed by atoms with E-state index in [1.54, 1.807) is 0 Å². The molecule has 2 heteroatoms. The van der Waals surface area contributed by atoms with Crippen molar-refractivity contribution in [2.24, 2.45) is 5.41 Å². The molecule has 0 aromatic heterocycles. The van der Waals surface area contributed by atoms with Crippen molar-refractivity contribution in [1.29, 1.82) is 0 Å². The molecule has 0 atom stereocenters. The van der Waals surface area contributed by atoms with E-state index in [2.05, 4.69) is 4.90 Å². The summed E-state index contributed by atoms with van der Waals surface area (Å²) < 4.78 is 12.2. The Labute approximate surface area is 80.3 Å². The van der Waals surface area contributed by atoms with Crippen LogP contribution >= 0.6 is 0 Å². The first-order chi connectivity index (χ1) is 6.35. The van der Waals surface area contributed by atoms with Crippen LogP contribution in [0.25, 0.3) is 0 Å². The molecule has 0 radical (unpaired) electrons. The zero-order valence-electron chi connectivity index (χ0n) is 8.40. The van der Waals surface area contributed by atoms with Gasteiger partial charge in [0.25, 0.3) is 0 Å². The molecule has 1 nitrogen and oxygen atoms in total. The van der Waals surface area contributed by atoms with Crippen molar-refractivity contribution in [2.45, 2.75) is 38.5 Å². The van der Waals surface area contributed by atoms with Crippen LogP contribution in [-0.4, -0.2) is 31.2 Å².